The minimum Gasteiger partial charge on any atom is -0.223 e. The third kappa shape index (κ3) is 2.36. The van der Waals surface area contributed by atoms with Crippen LogP contribution in [0, 0.1) is 0 Å². The van der Waals surface area contributed by atoms with E-state index in [1.165, 1.54) is 0 Å². The fourth-order valence-electron chi connectivity index (χ4n) is 1.08. The third-order valence-electron chi connectivity index (χ3n) is 2.25. The lowest BCUT2D eigenvalue weighted by atomic mass is 10.4. The monoisotopic (exact) mass is 276 g/mol. The maximum atomic E-state index is 11.9. The lowest BCUT2D eigenvalue weighted by Gasteiger charge is -2.10. The molecule has 0 unspecified atom stereocenters. The van der Waals surface area contributed by atoms with Crippen LogP contribution in [0.2, 0.25) is 0 Å². The van der Waals surface area contributed by atoms with Crippen LogP contribution in [0.5, 0.6) is 0 Å². The molecular formula is C10H13BrO2S. The molecule has 1 rings (SSSR count). The van der Waals surface area contributed by atoms with Crippen LogP contribution in [0.15, 0.2) is 33.6 Å². The highest BCUT2D eigenvalue weighted by Gasteiger charge is 2.20. The Hall–Kier alpha value is -0.350. The van der Waals surface area contributed by atoms with Crippen molar-refractivity contribution in [1.29, 1.82) is 0 Å². The molecule has 0 aromatic heterocycles. The average molecular weight is 277 g/mol. The van der Waals surface area contributed by atoms with E-state index in [1.54, 1.807) is 31.2 Å². The molecule has 0 heterocycles. The van der Waals surface area contributed by atoms with E-state index in [2.05, 4.69) is 15.9 Å². The summed E-state index contributed by atoms with van der Waals surface area (Å²) in [6.45, 7) is 3.61. The molecular weight excluding hydrogens is 264 g/mol. The van der Waals surface area contributed by atoms with Gasteiger partial charge in [0.15, 0.2) is 9.84 Å². The normalized spacial score (nSPS) is 13.9. The third-order valence-corrected chi connectivity index (χ3v) is 5.10. The number of benzene rings is 1. The lowest BCUT2D eigenvalue weighted by molar-refractivity contribution is 0.581. The smallest absolute Gasteiger partial charge is 0.180 e. The highest BCUT2D eigenvalue weighted by Crippen LogP contribution is 2.20. The highest BCUT2D eigenvalue weighted by molar-refractivity contribution is 9.10. The fraction of sp³-hybridized carbons (Fsp3) is 0.400. The van der Waals surface area contributed by atoms with E-state index in [4.69, 9.17) is 0 Å². The highest BCUT2D eigenvalue weighted by atomic mass is 79.9. The molecule has 0 saturated carbocycles. The molecule has 0 saturated heterocycles. The van der Waals surface area contributed by atoms with Gasteiger partial charge < -0.3 is 0 Å². The number of halogens is 1. The number of rotatable bonds is 3. The van der Waals surface area contributed by atoms with Crippen molar-refractivity contribution < 1.29 is 8.42 Å². The zero-order chi connectivity index (χ0) is 10.8. The van der Waals surface area contributed by atoms with Crippen LogP contribution >= 0.6 is 15.9 Å². The first-order valence-corrected chi connectivity index (χ1v) is 6.82. The summed E-state index contributed by atoms with van der Waals surface area (Å²) < 4.78 is 24.6. The van der Waals surface area contributed by atoms with E-state index < -0.39 is 9.84 Å². The molecule has 0 aliphatic carbocycles. The molecule has 0 N–H and O–H groups in total. The van der Waals surface area contributed by atoms with Gasteiger partial charge in [0.05, 0.1) is 10.1 Å². The molecule has 4 heteroatoms. The Kier molecular flexibility index (Phi) is 3.72. The fourth-order valence-corrected chi connectivity index (χ4v) is 2.76. The Bertz CT molecular complexity index is 395. The van der Waals surface area contributed by atoms with Crippen LogP contribution in [-0.4, -0.2) is 13.7 Å². The number of hydrogen-bond acceptors (Lipinski definition) is 2. The van der Waals surface area contributed by atoms with Gasteiger partial charge in [0, 0.05) is 4.47 Å². The average Bonchev–Trinajstić information content (AvgIpc) is 2.17. The van der Waals surface area contributed by atoms with Crippen molar-refractivity contribution in [3.05, 3.63) is 28.7 Å². The zero-order valence-corrected chi connectivity index (χ0v) is 10.6. The Labute approximate surface area is 93.4 Å². The first kappa shape index (κ1) is 11.7. The Balaban J connectivity index is 3.11. The van der Waals surface area contributed by atoms with E-state index >= 15 is 0 Å². The standard InChI is InChI=1S/C10H13BrO2S/c1-3-8(2)14(12,13)10-6-4-9(11)5-7-10/h4-8H,3H2,1-2H3/t8-/m0/s1. The molecule has 0 radical (unpaired) electrons. The van der Waals surface area contributed by atoms with Crippen molar-refractivity contribution in [1.82, 2.24) is 0 Å². The predicted molar refractivity (Wildman–Crippen MR) is 61.1 cm³/mol. The van der Waals surface area contributed by atoms with Crippen LogP contribution < -0.4 is 0 Å². The van der Waals surface area contributed by atoms with Crippen molar-refractivity contribution in [2.75, 3.05) is 0 Å². The van der Waals surface area contributed by atoms with Crippen molar-refractivity contribution in [3.63, 3.8) is 0 Å². The molecule has 0 fully saturated rings. The van der Waals surface area contributed by atoms with Crippen LogP contribution in [0.3, 0.4) is 0 Å². The van der Waals surface area contributed by atoms with Gasteiger partial charge in [0.1, 0.15) is 0 Å². The summed E-state index contributed by atoms with van der Waals surface area (Å²) >= 11 is 3.27. The van der Waals surface area contributed by atoms with E-state index in [0.717, 1.165) is 4.47 Å². The zero-order valence-electron chi connectivity index (χ0n) is 8.20. The molecule has 0 spiro atoms. The molecule has 1 aromatic carbocycles. The first-order valence-electron chi connectivity index (χ1n) is 4.48. The predicted octanol–water partition coefficient (Wildman–Crippen LogP) is 3.02. The molecule has 0 aliphatic rings. The first-order chi connectivity index (χ1) is 6.48. The van der Waals surface area contributed by atoms with E-state index in [-0.39, 0.29) is 5.25 Å². The van der Waals surface area contributed by atoms with E-state index in [0.29, 0.717) is 11.3 Å². The second-order valence-corrected chi connectivity index (χ2v) is 6.50. The van der Waals surface area contributed by atoms with Gasteiger partial charge >= 0.3 is 0 Å². The Morgan fingerprint density at radius 3 is 2.21 bits per heavy atom. The molecule has 0 aliphatic heterocycles. The number of hydrogen-bond donors (Lipinski definition) is 0. The van der Waals surface area contributed by atoms with Gasteiger partial charge in [0.25, 0.3) is 0 Å². The van der Waals surface area contributed by atoms with E-state index in [9.17, 15) is 8.42 Å². The van der Waals surface area contributed by atoms with Crippen molar-refractivity contribution in [2.24, 2.45) is 0 Å². The topological polar surface area (TPSA) is 34.1 Å². The van der Waals surface area contributed by atoms with Crippen LogP contribution in [0.25, 0.3) is 0 Å². The molecule has 78 valence electrons. The molecule has 0 amide bonds. The molecule has 0 bridgehead atoms. The largest absolute Gasteiger partial charge is 0.223 e. The van der Waals surface area contributed by atoms with Crippen LogP contribution in [0.1, 0.15) is 20.3 Å². The molecule has 14 heavy (non-hydrogen) atoms. The van der Waals surface area contributed by atoms with Gasteiger partial charge in [-0.2, -0.15) is 0 Å². The summed E-state index contributed by atoms with van der Waals surface area (Å²) in [7, 11) is -3.13. The van der Waals surface area contributed by atoms with Crippen LogP contribution in [0.4, 0.5) is 0 Å². The second-order valence-electron chi connectivity index (χ2n) is 3.22. The summed E-state index contributed by atoms with van der Waals surface area (Å²) in [5.41, 5.74) is 0. The number of sulfone groups is 1. The van der Waals surface area contributed by atoms with Crippen molar-refractivity contribution in [3.8, 4) is 0 Å². The molecule has 1 aromatic rings. The van der Waals surface area contributed by atoms with Gasteiger partial charge in [-0.05, 0) is 37.6 Å². The minimum atomic E-state index is -3.13. The minimum absolute atomic E-state index is 0.316. The van der Waals surface area contributed by atoms with Crippen LogP contribution in [-0.2, 0) is 9.84 Å². The van der Waals surface area contributed by atoms with Gasteiger partial charge in [-0.1, -0.05) is 22.9 Å². The molecule has 2 nitrogen and oxygen atoms in total. The van der Waals surface area contributed by atoms with Gasteiger partial charge in [-0.25, -0.2) is 8.42 Å². The SMILES string of the molecule is CC[C@H](C)S(=O)(=O)c1ccc(Br)cc1. The van der Waals surface area contributed by atoms with Gasteiger partial charge in [-0.15, -0.1) is 0 Å². The van der Waals surface area contributed by atoms with Gasteiger partial charge in [0.2, 0.25) is 0 Å². The maximum Gasteiger partial charge on any atom is 0.180 e. The summed E-state index contributed by atoms with van der Waals surface area (Å²) in [6, 6.07) is 6.75. The summed E-state index contributed by atoms with van der Waals surface area (Å²) in [4.78, 5) is 0.398. The van der Waals surface area contributed by atoms with Gasteiger partial charge in [-0.3, -0.25) is 0 Å². The lowest BCUT2D eigenvalue weighted by Crippen LogP contribution is -2.16. The Morgan fingerprint density at radius 1 is 1.29 bits per heavy atom. The summed E-state index contributed by atoms with van der Waals surface area (Å²) in [5.74, 6) is 0. The summed E-state index contributed by atoms with van der Waals surface area (Å²) in [5, 5.41) is -0.316. The van der Waals surface area contributed by atoms with Crippen molar-refractivity contribution in [2.45, 2.75) is 30.4 Å². The maximum absolute atomic E-state index is 11.9. The Morgan fingerprint density at radius 2 is 1.79 bits per heavy atom. The summed E-state index contributed by atoms with van der Waals surface area (Å²) in [6.07, 6.45) is 0.637. The second kappa shape index (κ2) is 4.45. The van der Waals surface area contributed by atoms with E-state index in [1.807, 2.05) is 6.92 Å². The quantitative estimate of drug-likeness (QED) is 0.851. The van der Waals surface area contributed by atoms with Crippen molar-refractivity contribution >= 4 is 25.8 Å². The molecule has 1 atom stereocenters.